The van der Waals surface area contributed by atoms with Gasteiger partial charge in [0.2, 0.25) is 0 Å². The van der Waals surface area contributed by atoms with Crippen molar-refractivity contribution in [3.63, 3.8) is 0 Å². The monoisotopic (exact) mass is 379 g/mol. The van der Waals surface area contributed by atoms with Gasteiger partial charge < -0.3 is 5.73 Å². The van der Waals surface area contributed by atoms with Gasteiger partial charge in [-0.25, -0.2) is 19.6 Å². The van der Waals surface area contributed by atoms with Gasteiger partial charge in [0.1, 0.15) is 11.5 Å². The van der Waals surface area contributed by atoms with Crippen LogP contribution in [-0.4, -0.2) is 29.7 Å². The van der Waals surface area contributed by atoms with Gasteiger partial charge in [0, 0.05) is 30.4 Å². The number of rotatable bonds is 4. The molecule has 0 radical (unpaired) electrons. The van der Waals surface area contributed by atoms with Crippen LogP contribution in [0.25, 0.3) is 33.7 Å². The number of pyridine rings is 2. The molecule has 1 aromatic carbocycles. The van der Waals surface area contributed by atoms with E-state index < -0.39 is 0 Å². The van der Waals surface area contributed by atoms with E-state index in [1.54, 1.807) is 24.8 Å². The highest BCUT2D eigenvalue weighted by molar-refractivity contribution is 5.89. The average Bonchev–Trinajstić information content (AvgIpc) is 3.13. The van der Waals surface area contributed by atoms with E-state index >= 15 is 0 Å². The van der Waals surface area contributed by atoms with Crippen molar-refractivity contribution in [2.45, 2.75) is 6.54 Å². The van der Waals surface area contributed by atoms with Gasteiger partial charge in [0.25, 0.3) is 0 Å². The van der Waals surface area contributed by atoms with Gasteiger partial charge in [-0.2, -0.15) is 5.10 Å². The lowest BCUT2D eigenvalue weighted by Gasteiger charge is -2.05. The maximum Gasteiger partial charge on any atom is 0.182 e. The van der Waals surface area contributed by atoms with Crippen molar-refractivity contribution in [3.8, 4) is 22.6 Å². The number of hydrogen-bond acceptors (Lipinski definition) is 6. The van der Waals surface area contributed by atoms with Crippen LogP contribution in [0.5, 0.6) is 0 Å². The molecule has 0 aliphatic rings. The first kappa shape index (κ1) is 17.0. The zero-order valence-electron chi connectivity index (χ0n) is 15.5. The summed E-state index contributed by atoms with van der Waals surface area (Å²) in [7, 11) is 0. The molecule has 7 heteroatoms. The third kappa shape index (κ3) is 3.19. The molecule has 0 saturated heterocycles. The van der Waals surface area contributed by atoms with Gasteiger partial charge in [0.05, 0.1) is 11.9 Å². The summed E-state index contributed by atoms with van der Waals surface area (Å²) in [5.41, 5.74) is 10.5. The van der Waals surface area contributed by atoms with E-state index in [-0.39, 0.29) is 0 Å². The maximum absolute atomic E-state index is 6.24. The molecule has 5 rings (SSSR count). The second kappa shape index (κ2) is 7.12. The molecule has 7 nitrogen and oxygen atoms in total. The predicted molar refractivity (Wildman–Crippen MR) is 112 cm³/mol. The van der Waals surface area contributed by atoms with Gasteiger partial charge in [0.15, 0.2) is 11.5 Å². The fourth-order valence-electron chi connectivity index (χ4n) is 3.30. The number of benzene rings is 1. The Bertz CT molecular complexity index is 1280. The number of nitrogens with two attached hydrogens (primary N) is 1. The SMILES string of the molecule is Nc1nc(-c2nn(Cc3ccccc3)c3ncccc23)ncc1-c1ccncc1. The zero-order chi connectivity index (χ0) is 19.6. The highest BCUT2D eigenvalue weighted by Crippen LogP contribution is 2.28. The Labute approximate surface area is 166 Å². The fraction of sp³-hybridized carbons (Fsp3) is 0.0455. The molecule has 0 aliphatic carbocycles. The highest BCUT2D eigenvalue weighted by atomic mass is 15.3. The summed E-state index contributed by atoms with van der Waals surface area (Å²) in [4.78, 5) is 17.6. The van der Waals surface area contributed by atoms with E-state index in [0.717, 1.165) is 27.7 Å². The molecule has 0 fully saturated rings. The van der Waals surface area contributed by atoms with Crippen LogP contribution < -0.4 is 5.73 Å². The Hall–Kier alpha value is -4.13. The van der Waals surface area contributed by atoms with Gasteiger partial charge in [-0.1, -0.05) is 30.3 Å². The number of anilines is 1. The van der Waals surface area contributed by atoms with E-state index in [4.69, 9.17) is 10.8 Å². The average molecular weight is 379 g/mol. The summed E-state index contributed by atoms with van der Waals surface area (Å²) in [5, 5.41) is 5.65. The van der Waals surface area contributed by atoms with Crippen LogP contribution in [0.4, 0.5) is 5.82 Å². The summed E-state index contributed by atoms with van der Waals surface area (Å²) >= 11 is 0. The largest absolute Gasteiger partial charge is 0.383 e. The van der Waals surface area contributed by atoms with E-state index in [1.165, 1.54) is 0 Å². The number of fused-ring (bicyclic) bond motifs is 1. The van der Waals surface area contributed by atoms with E-state index in [2.05, 4.69) is 32.1 Å². The molecule has 4 heterocycles. The molecule has 29 heavy (non-hydrogen) atoms. The summed E-state index contributed by atoms with van der Waals surface area (Å²) in [6.45, 7) is 0.610. The molecule has 0 unspecified atom stereocenters. The molecule has 2 N–H and O–H groups in total. The molecule has 0 aliphatic heterocycles. The summed E-state index contributed by atoms with van der Waals surface area (Å²) in [6, 6.07) is 17.8. The minimum atomic E-state index is 0.399. The third-order valence-corrected chi connectivity index (χ3v) is 4.70. The molecule has 0 bridgehead atoms. The molecule has 0 saturated carbocycles. The van der Waals surface area contributed by atoms with Crippen LogP contribution in [0.3, 0.4) is 0 Å². The maximum atomic E-state index is 6.24. The Morgan fingerprint density at radius 2 is 1.69 bits per heavy atom. The Kier molecular flexibility index (Phi) is 4.18. The molecule has 0 amide bonds. The molecule has 5 aromatic rings. The first-order valence-electron chi connectivity index (χ1n) is 9.18. The topological polar surface area (TPSA) is 95.4 Å². The predicted octanol–water partition coefficient (Wildman–Crippen LogP) is 3.58. The van der Waals surface area contributed by atoms with Crippen molar-refractivity contribution in [3.05, 3.63) is 84.9 Å². The second-order valence-electron chi connectivity index (χ2n) is 6.59. The zero-order valence-corrected chi connectivity index (χ0v) is 15.5. The van der Waals surface area contributed by atoms with Crippen LogP contribution in [0, 0.1) is 0 Å². The van der Waals surface area contributed by atoms with Crippen molar-refractivity contribution in [1.29, 1.82) is 0 Å². The lowest BCUT2D eigenvalue weighted by Crippen LogP contribution is -2.03. The quantitative estimate of drug-likeness (QED) is 0.513. The lowest BCUT2D eigenvalue weighted by molar-refractivity contribution is 0.705. The second-order valence-corrected chi connectivity index (χ2v) is 6.59. The molecule has 140 valence electrons. The molecule has 0 spiro atoms. The summed E-state index contributed by atoms with van der Waals surface area (Å²) in [5.74, 6) is 0.876. The van der Waals surface area contributed by atoms with Gasteiger partial charge in [-0.15, -0.1) is 0 Å². The first-order valence-corrected chi connectivity index (χ1v) is 9.18. The highest BCUT2D eigenvalue weighted by Gasteiger charge is 2.17. The Morgan fingerprint density at radius 1 is 0.862 bits per heavy atom. The van der Waals surface area contributed by atoms with Gasteiger partial charge >= 0.3 is 0 Å². The lowest BCUT2D eigenvalue weighted by atomic mass is 10.1. The Morgan fingerprint density at radius 3 is 2.48 bits per heavy atom. The molecular weight excluding hydrogens is 362 g/mol. The van der Waals surface area contributed by atoms with Crippen molar-refractivity contribution in [1.82, 2.24) is 29.7 Å². The number of nitrogens with zero attached hydrogens (tertiary/aromatic N) is 6. The minimum Gasteiger partial charge on any atom is -0.383 e. The van der Waals surface area contributed by atoms with E-state index in [0.29, 0.717) is 23.9 Å². The van der Waals surface area contributed by atoms with Crippen molar-refractivity contribution in [2.24, 2.45) is 0 Å². The number of aromatic nitrogens is 6. The fourth-order valence-corrected chi connectivity index (χ4v) is 3.30. The minimum absolute atomic E-state index is 0.399. The van der Waals surface area contributed by atoms with Crippen LogP contribution >= 0.6 is 0 Å². The Balaban J connectivity index is 1.59. The summed E-state index contributed by atoms with van der Waals surface area (Å²) in [6.07, 6.45) is 6.92. The van der Waals surface area contributed by atoms with Gasteiger partial charge in [-0.3, -0.25) is 4.98 Å². The van der Waals surface area contributed by atoms with Crippen molar-refractivity contribution >= 4 is 16.9 Å². The molecule has 0 atom stereocenters. The van der Waals surface area contributed by atoms with Crippen LogP contribution in [0.2, 0.25) is 0 Å². The molecule has 4 aromatic heterocycles. The van der Waals surface area contributed by atoms with Crippen LogP contribution in [-0.2, 0) is 6.54 Å². The number of nitrogen functional groups attached to an aromatic ring is 1. The van der Waals surface area contributed by atoms with Gasteiger partial charge in [-0.05, 0) is 35.4 Å². The third-order valence-electron chi connectivity index (χ3n) is 4.70. The standard InChI is InChI=1S/C22H17N7/c23-20-18(16-8-11-24-12-9-16)13-26-21(27-20)19-17-7-4-10-25-22(17)29(28-19)14-15-5-2-1-3-6-15/h1-13H,14H2,(H2,23,26,27). The summed E-state index contributed by atoms with van der Waals surface area (Å²) < 4.78 is 1.87. The van der Waals surface area contributed by atoms with Crippen molar-refractivity contribution in [2.75, 3.05) is 5.73 Å². The first-order chi connectivity index (χ1) is 14.3. The van der Waals surface area contributed by atoms with E-state index in [9.17, 15) is 0 Å². The van der Waals surface area contributed by atoms with Crippen LogP contribution in [0.1, 0.15) is 5.56 Å². The number of hydrogen-bond donors (Lipinski definition) is 1. The normalized spacial score (nSPS) is 11.0. The molecular formula is C22H17N7. The van der Waals surface area contributed by atoms with Crippen molar-refractivity contribution < 1.29 is 0 Å². The van der Waals surface area contributed by atoms with Crippen LogP contribution in [0.15, 0.2) is 79.4 Å². The smallest absolute Gasteiger partial charge is 0.182 e. The van der Waals surface area contributed by atoms with E-state index in [1.807, 2.05) is 47.1 Å².